The summed E-state index contributed by atoms with van der Waals surface area (Å²) in [5, 5.41) is 5.17. The average molecular weight is 426 g/mol. The summed E-state index contributed by atoms with van der Waals surface area (Å²) in [5.74, 6) is 1.12. The molecule has 24 heavy (non-hydrogen) atoms. The zero-order valence-electron chi connectivity index (χ0n) is 13.0. The number of benzene rings is 2. The molecule has 2 aromatic rings. The molecule has 0 atom stereocenters. The molecule has 126 valence electrons. The molecule has 3 rings (SSSR count). The summed E-state index contributed by atoms with van der Waals surface area (Å²) in [7, 11) is 0. The van der Waals surface area contributed by atoms with Gasteiger partial charge in [0, 0.05) is 16.3 Å². The van der Waals surface area contributed by atoms with Gasteiger partial charge in [0.1, 0.15) is 13.1 Å². The van der Waals surface area contributed by atoms with Gasteiger partial charge in [0.05, 0.1) is 6.54 Å². The predicted octanol–water partition coefficient (Wildman–Crippen LogP) is 0.432. The number of hydrogen-bond acceptors (Lipinski definition) is 3. The predicted molar refractivity (Wildman–Crippen MR) is 96.5 cm³/mol. The van der Waals surface area contributed by atoms with Gasteiger partial charge in [-0.1, -0.05) is 41.9 Å². The van der Waals surface area contributed by atoms with E-state index in [1.807, 2.05) is 18.2 Å². The van der Waals surface area contributed by atoms with Gasteiger partial charge >= 0.3 is 5.17 Å². The number of thioether (sulfide) groups is 1. The first-order valence-corrected chi connectivity index (χ1v) is 8.90. The molecule has 0 amide bonds. The lowest BCUT2D eigenvalue weighted by Crippen LogP contribution is -3.00. The van der Waals surface area contributed by atoms with Gasteiger partial charge in [-0.15, -0.1) is 0 Å². The molecule has 0 spiro atoms. The van der Waals surface area contributed by atoms with Crippen molar-refractivity contribution in [1.29, 1.82) is 0 Å². The zero-order chi connectivity index (χ0) is 16.1. The lowest BCUT2D eigenvalue weighted by molar-refractivity contribution is -0.505. The molecule has 0 radical (unpaired) electrons. The maximum absolute atomic E-state index is 12.4. The van der Waals surface area contributed by atoms with Crippen LogP contribution in [-0.2, 0) is 6.54 Å². The Kier molecular flexibility index (Phi) is 7.34. The van der Waals surface area contributed by atoms with Crippen LogP contribution in [-0.4, -0.2) is 34.4 Å². The van der Waals surface area contributed by atoms with Gasteiger partial charge in [-0.2, -0.15) is 0 Å². The third-order valence-electron chi connectivity index (χ3n) is 3.67. The highest BCUT2D eigenvalue weighted by Crippen LogP contribution is 2.13. The molecular weight excluding hydrogens is 408 g/mol. The highest BCUT2D eigenvalue weighted by molar-refractivity contribution is 8.13. The average Bonchev–Trinajstić information content (AvgIpc) is 3.01. The molecule has 2 aromatic carbocycles. The third-order valence-corrected chi connectivity index (χ3v) is 4.99. The molecule has 1 N–H and O–H groups in total. The molecule has 0 aromatic heterocycles. The first-order chi connectivity index (χ1) is 11.2. The number of amidine groups is 1. The first kappa shape index (κ1) is 19.0. The summed E-state index contributed by atoms with van der Waals surface area (Å²) in [4.78, 5) is 12.4. The van der Waals surface area contributed by atoms with Crippen molar-refractivity contribution < 1.29 is 26.4 Å². The summed E-state index contributed by atoms with van der Waals surface area (Å²) in [6.45, 7) is 2.06. The molecule has 0 saturated heterocycles. The van der Waals surface area contributed by atoms with E-state index in [0.29, 0.717) is 17.1 Å². The van der Waals surface area contributed by atoms with E-state index in [2.05, 4.69) is 22.0 Å². The molecular formula is C18H18BrClN2OS. The van der Waals surface area contributed by atoms with Crippen LogP contribution < -0.4 is 22.3 Å². The highest BCUT2D eigenvalue weighted by atomic mass is 79.9. The van der Waals surface area contributed by atoms with Gasteiger partial charge in [-0.25, -0.2) is 4.58 Å². The molecule has 1 aliphatic rings. The van der Waals surface area contributed by atoms with Gasteiger partial charge in [-0.3, -0.25) is 10.1 Å². The Morgan fingerprint density at radius 1 is 1.12 bits per heavy atom. The van der Waals surface area contributed by atoms with Crippen molar-refractivity contribution in [3.8, 4) is 0 Å². The molecule has 0 bridgehead atoms. The normalized spacial score (nSPS) is 13.5. The van der Waals surface area contributed by atoms with E-state index in [-0.39, 0.29) is 22.8 Å². The van der Waals surface area contributed by atoms with Crippen molar-refractivity contribution in [2.75, 3.05) is 18.8 Å². The second kappa shape index (κ2) is 9.25. The first-order valence-electron chi connectivity index (χ1n) is 7.53. The molecule has 3 nitrogen and oxygen atoms in total. The fourth-order valence-electron chi connectivity index (χ4n) is 2.43. The Morgan fingerprint density at radius 3 is 2.54 bits per heavy atom. The van der Waals surface area contributed by atoms with Crippen LogP contribution in [0.4, 0.5) is 0 Å². The Hall–Kier alpha value is -1.30. The van der Waals surface area contributed by atoms with Gasteiger partial charge < -0.3 is 17.0 Å². The number of carbonyl (C=O) groups is 1. The summed E-state index contributed by atoms with van der Waals surface area (Å²) in [5.41, 5.74) is 1.94. The molecule has 1 aliphatic heterocycles. The molecule has 6 heteroatoms. The van der Waals surface area contributed by atoms with Gasteiger partial charge in [-0.05, 0) is 41.6 Å². The number of halogens is 2. The van der Waals surface area contributed by atoms with E-state index in [4.69, 9.17) is 11.6 Å². The highest BCUT2D eigenvalue weighted by Gasteiger charge is 2.23. The monoisotopic (exact) mass is 424 g/mol. The minimum Gasteiger partial charge on any atom is -1.00 e. The molecule has 1 heterocycles. The van der Waals surface area contributed by atoms with Gasteiger partial charge in [0.2, 0.25) is 5.78 Å². The molecule has 0 saturated carbocycles. The summed E-state index contributed by atoms with van der Waals surface area (Å²) >= 11 is 7.64. The Labute approximate surface area is 161 Å². The summed E-state index contributed by atoms with van der Waals surface area (Å²) < 4.78 is 2.12. The number of carbonyl (C=O) groups excluding carboxylic acids is 1. The Morgan fingerprint density at radius 2 is 1.83 bits per heavy atom. The van der Waals surface area contributed by atoms with Crippen molar-refractivity contribution in [2.45, 2.75) is 6.54 Å². The van der Waals surface area contributed by atoms with Crippen molar-refractivity contribution >= 4 is 34.3 Å². The zero-order valence-corrected chi connectivity index (χ0v) is 16.2. The van der Waals surface area contributed by atoms with Crippen LogP contribution in [0.15, 0.2) is 54.6 Å². The van der Waals surface area contributed by atoms with E-state index in [1.54, 1.807) is 36.0 Å². The molecule has 0 aliphatic carbocycles. The van der Waals surface area contributed by atoms with Gasteiger partial charge in [0.25, 0.3) is 0 Å². The van der Waals surface area contributed by atoms with Crippen molar-refractivity contribution in [2.24, 2.45) is 0 Å². The summed E-state index contributed by atoms with van der Waals surface area (Å²) in [6, 6.07) is 17.3. The Bertz CT molecular complexity index is 720. The maximum Gasteiger partial charge on any atom is 0.307 e. The van der Waals surface area contributed by atoms with Crippen LogP contribution in [0.2, 0.25) is 5.02 Å². The minimum atomic E-state index is 0. The van der Waals surface area contributed by atoms with Crippen LogP contribution in [0.25, 0.3) is 0 Å². The Balaban J connectivity index is 0.00000208. The van der Waals surface area contributed by atoms with Gasteiger partial charge in [0.15, 0.2) is 0 Å². The second-order valence-corrected chi connectivity index (χ2v) is 6.86. The van der Waals surface area contributed by atoms with Crippen molar-refractivity contribution in [3.05, 3.63) is 70.7 Å². The van der Waals surface area contributed by atoms with E-state index in [0.717, 1.165) is 24.0 Å². The number of hydrogen-bond donors (Lipinski definition) is 1. The van der Waals surface area contributed by atoms with E-state index >= 15 is 0 Å². The minimum absolute atomic E-state index is 0. The SMILES string of the molecule is O=C(C[N+]1=C(NCc2ccccc2)SCC1)c1ccc(Cl)cc1.[Br-]. The van der Waals surface area contributed by atoms with E-state index < -0.39 is 0 Å². The quantitative estimate of drug-likeness (QED) is 0.557. The molecule has 0 unspecified atom stereocenters. The van der Waals surface area contributed by atoms with Crippen LogP contribution in [0.3, 0.4) is 0 Å². The van der Waals surface area contributed by atoms with Crippen LogP contribution >= 0.6 is 23.4 Å². The van der Waals surface area contributed by atoms with Crippen LogP contribution in [0.5, 0.6) is 0 Å². The van der Waals surface area contributed by atoms with Crippen molar-refractivity contribution in [3.63, 3.8) is 0 Å². The standard InChI is InChI=1S/C18H17ClN2OS.BrH/c19-16-8-6-15(7-9-16)17(22)13-21-10-11-23-18(21)20-12-14-4-2-1-3-5-14;/h1-9H,10-13H2;1H. The lowest BCUT2D eigenvalue weighted by atomic mass is 10.1. The number of nitrogens with one attached hydrogen (secondary N) is 1. The van der Waals surface area contributed by atoms with E-state index in [9.17, 15) is 4.79 Å². The smallest absolute Gasteiger partial charge is 0.307 e. The van der Waals surface area contributed by atoms with Crippen molar-refractivity contribution in [1.82, 2.24) is 5.32 Å². The third kappa shape index (κ3) is 5.10. The largest absolute Gasteiger partial charge is 1.00 e. The number of ketones is 1. The second-order valence-electron chi connectivity index (χ2n) is 5.34. The lowest BCUT2D eigenvalue weighted by Gasteiger charge is -2.05. The number of Topliss-reactive ketones (excluding diaryl/α,β-unsaturated/α-hetero) is 1. The van der Waals surface area contributed by atoms with Crippen LogP contribution in [0, 0.1) is 0 Å². The topological polar surface area (TPSA) is 32.1 Å². The fraction of sp³-hybridized carbons (Fsp3) is 0.222. The number of nitrogens with zero attached hydrogens (tertiary/aromatic N) is 1. The molecule has 0 fully saturated rings. The summed E-state index contributed by atoms with van der Waals surface area (Å²) in [6.07, 6.45) is 0. The fourth-order valence-corrected chi connectivity index (χ4v) is 3.58. The maximum atomic E-state index is 12.4. The van der Waals surface area contributed by atoms with Crippen LogP contribution in [0.1, 0.15) is 15.9 Å². The number of rotatable bonds is 5. The van der Waals surface area contributed by atoms with E-state index in [1.165, 1.54) is 5.56 Å².